The predicted octanol–water partition coefficient (Wildman–Crippen LogP) is 5.08. The summed E-state index contributed by atoms with van der Waals surface area (Å²) in [4.78, 5) is 13.5. The normalized spacial score (nSPS) is 10.8. The molecule has 0 aliphatic carbocycles. The van der Waals surface area contributed by atoms with Gasteiger partial charge in [0, 0.05) is 22.2 Å². The number of benzene rings is 2. The van der Waals surface area contributed by atoms with E-state index in [4.69, 9.17) is 17.3 Å². The first kappa shape index (κ1) is 17.9. The van der Waals surface area contributed by atoms with E-state index in [-0.39, 0.29) is 11.5 Å². The van der Waals surface area contributed by atoms with Crippen LogP contribution in [0.25, 0.3) is 33.4 Å². The van der Waals surface area contributed by atoms with Gasteiger partial charge >= 0.3 is 0 Å². The fourth-order valence-corrected chi connectivity index (χ4v) is 3.54. The van der Waals surface area contributed by atoms with E-state index in [1.54, 1.807) is 0 Å². The van der Waals surface area contributed by atoms with Crippen molar-refractivity contribution in [2.45, 2.75) is 13.8 Å². The third-order valence-corrected chi connectivity index (χ3v) is 4.84. The van der Waals surface area contributed by atoms with Crippen LogP contribution in [0, 0.1) is 25.2 Å². The molecular weight excluding hydrogens is 370 g/mol. The Morgan fingerprint density at radius 3 is 2.36 bits per heavy atom. The summed E-state index contributed by atoms with van der Waals surface area (Å²) in [6, 6.07) is 17.4. The van der Waals surface area contributed by atoms with Gasteiger partial charge in [0.25, 0.3) is 0 Å². The van der Waals surface area contributed by atoms with E-state index < -0.39 is 0 Å². The number of hydrogen-bond acceptors (Lipinski definition) is 5. The molecule has 0 atom stereocenters. The van der Waals surface area contributed by atoms with Crippen molar-refractivity contribution in [2.24, 2.45) is 0 Å². The van der Waals surface area contributed by atoms with Crippen LogP contribution in [0.15, 0.2) is 48.5 Å². The Hall–Kier alpha value is -3.49. The summed E-state index contributed by atoms with van der Waals surface area (Å²) < 4.78 is 0. The molecule has 2 N–H and O–H groups in total. The van der Waals surface area contributed by atoms with E-state index in [2.05, 4.69) is 15.0 Å². The van der Waals surface area contributed by atoms with Crippen LogP contribution in [0.4, 0.5) is 5.82 Å². The van der Waals surface area contributed by atoms with Crippen LogP contribution in [-0.4, -0.2) is 15.0 Å². The fourth-order valence-electron chi connectivity index (χ4n) is 3.28. The Kier molecular flexibility index (Phi) is 4.42. The van der Waals surface area contributed by atoms with E-state index in [1.807, 2.05) is 68.4 Å². The molecule has 4 rings (SSSR count). The average Bonchev–Trinajstić information content (AvgIpc) is 2.69. The minimum atomic E-state index is 0.0876. The first-order valence-corrected chi connectivity index (χ1v) is 9.06. The van der Waals surface area contributed by atoms with Crippen LogP contribution in [0.3, 0.4) is 0 Å². The zero-order chi connectivity index (χ0) is 19.8. The minimum Gasteiger partial charge on any atom is -0.381 e. The van der Waals surface area contributed by atoms with E-state index >= 15 is 0 Å². The lowest BCUT2D eigenvalue weighted by Gasteiger charge is -2.13. The monoisotopic (exact) mass is 385 g/mol. The molecule has 0 aliphatic rings. The number of aromatic nitrogens is 3. The summed E-state index contributed by atoms with van der Waals surface area (Å²) in [5, 5.41) is 10.8. The standard InChI is InChI=1S/C22H16ClN5/c1-12-8-13(2)26-21-16(12)9-15(10-17(21)23)20-19(14-6-4-3-5-7-14)28-22(25)18(11-24)27-20/h3-10H,1-2H3,(H2,25,28). The van der Waals surface area contributed by atoms with Crippen molar-refractivity contribution in [2.75, 3.05) is 5.73 Å². The molecule has 0 amide bonds. The van der Waals surface area contributed by atoms with Gasteiger partial charge in [0.2, 0.25) is 0 Å². The van der Waals surface area contributed by atoms with E-state index in [9.17, 15) is 5.26 Å². The number of rotatable bonds is 2. The predicted molar refractivity (Wildman–Crippen MR) is 112 cm³/mol. The molecule has 0 spiro atoms. The van der Waals surface area contributed by atoms with Crippen LogP contribution in [0.5, 0.6) is 0 Å². The van der Waals surface area contributed by atoms with Crippen LogP contribution in [-0.2, 0) is 0 Å². The molecule has 0 aliphatic heterocycles. The van der Waals surface area contributed by atoms with E-state index in [0.29, 0.717) is 16.4 Å². The number of nitrogens with zero attached hydrogens (tertiary/aromatic N) is 4. The van der Waals surface area contributed by atoms with E-state index in [1.165, 1.54) is 0 Å². The number of aryl methyl sites for hydroxylation is 2. The summed E-state index contributed by atoms with van der Waals surface area (Å²) in [7, 11) is 0. The highest BCUT2D eigenvalue weighted by Crippen LogP contribution is 2.35. The third kappa shape index (κ3) is 3.04. The first-order valence-electron chi connectivity index (χ1n) is 8.69. The smallest absolute Gasteiger partial charge is 0.183 e. The minimum absolute atomic E-state index is 0.0876. The van der Waals surface area contributed by atoms with Gasteiger partial charge in [-0.25, -0.2) is 9.97 Å². The van der Waals surface area contributed by atoms with Crippen LogP contribution in [0.1, 0.15) is 17.0 Å². The molecular formula is C22H16ClN5. The lowest BCUT2D eigenvalue weighted by Crippen LogP contribution is -2.03. The molecule has 0 saturated heterocycles. The number of anilines is 1. The zero-order valence-corrected chi connectivity index (χ0v) is 16.1. The summed E-state index contributed by atoms with van der Waals surface area (Å²) in [6.07, 6.45) is 0. The van der Waals surface area contributed by atoms with Crippen molar-refractivity contribution in [1.82, 2.24) is 15.0 Å². The molecule has 0 unspecified atom stereocenters. The molecule has 0 saturated carbocycles. The van der Waals surface area contributed by atoms with Crippen LogP contribution >= 0.6 is 11.6 Å². The number of hydrogen-bond donors (Lipinski definition) is 1. The fraction of sp³-hybridized carbons (Fsp3) is 0.0909. The zero-order valence-electron chi connectivity index (χ0n) is 15.4. The highest BCUT2D eigenvalue weighted by Gasteiger charge is 2.17. The maximum atomic E-state index is 9.38. The number of pyridine rings is 1. The molecule has 5 nitrogen and oxygen atoms in total. The Balaban J connectivity index is 2.05. The molecule has 2 aromatic carbocycles. The van der Waals surface area contributed by atoms with Crippen LogP contribution < -0.4 is 5.73 Å². The number of nitrogens with two attached hydrogens (primary N) is 1. The topological polar surface area (TPSA) is 88.5 Å². The Morgan fingerprint density at radius 1 is 0.929 bits per heavy atom. The largest absolute Gasteiger partial charge is 0.381 e. The van der Waals surface area contributed by atoms with Crippen molar-refractivity contribution in [3.63, 3.8) is 0 Å². The van der Waals surface area contributed by atoms with Gasteiger partial charge in [-0.05, 0) is 37.6 Å². The Labute approximate surface area is 167 Å². The van der Waals surface area contributed by atoms with Gasteiger partial charge in [0.1, 0.15) is 6.07 Å². The molecule has 28 heavy (non-hydrogen) atoms. The van der Waals surface area contributed by atoms with Gasteiger partial charge in [-0.3, -0.25) is 4.98 Å². The average molecular weight is 386 g/mol. The molecule has 0 radical (unpaired) electrons. The van der Waals surface area contributed by atoms with Gasteiger partial charge < -0.3 is 5.73 Å². The second-order valence-corrected chi connectivity index (χ2v) is 6.97. The second-order valence-electron chi connectivity index (χ2n) is 6.57. The van der Waals surface area contributed by atoms with Crippen molar-refractivity contribution in [3.05, 3.63) is 70.5 Å². The molecule has 0 bridgehead atoms. The summed E-state index contributed by atoms with van der Waals surface area (Å²) >= 11 is 6.56. The van der Waals surface area contributed by atoms with Gasteiger partial charge in [-0.1, -0.05) is 41.9 Å². The Bertz CT molecular complexity index is 1260. The van der Waals surface area contributed by atoms with Gasteiger partial charge in [-0.2, -0.15) is 5.26 Å². The molecule has 2 heterocycles. The summed E-state index contributed by atoms with van der Waals surface area (Å²) in [5.74, 6) is 0.102. The SMILES string of the molecule is Cc1cc(C)c2cc(-c3nc(C#N)c(N)nc3-c3ccccc3)cc(Cl)c2n1. The molecule has 2 aromatic heterocycles. The summed E-state index contributed by atoms with van der Waals surface area (Å²) in [6.45, 7) is 3.96. The number of fused-ring (bicyclic) bond motifs is 1. The van der Waals surface area contributed by atoms with Crippen molar-refractivity contribution >= 4 is 28.3 Å². The number of nitrogen functional groups attached to an aromatic ring is 1. The van der Waals surface area contributed by atoms with Gasteiger partial charge in [-0.15, -0.1) is 0 Å². The maximum absolute atomic E-state index is 9.38. The van der Waals surface area contributed by atoms with Crippen molar-refractivity contribution in [1.29, 1.82) is 5.26 Å². The van der Waals surface area contributed by atoms with Crippen molar-refractivity contribution < 1.29 is 0 Å². The highest BCUT2D eigenvalue weighted by molar-refractivity contribution is 6.35. The quantitative estimate of drug-likeness (QED) is 0.519. The highest BCUT2D eigenvalue weighted by atomic mass is 35.5. The number of nitriles is 1. The number of halogens is 1. The molecule has 6 heteroatoms. The lowest BCUT2D eigenvalue weighted by molar-refractivity contribution is 1.18. The van der Waals surface area contributed by atoms with Crippen molar-refractivity contribution in [3.8, 4) is 28.6 Å². The van der Waals surface area contributed by atoms with E-state index in [0.717, 1.165) is 33.3 Å². The molecule has 4 aromatic rings. The second kappa shape index (κ2) is 6.91. The van der Waals surface area contributed by atoms with Crippen LogP contribution in [0.2, 0.25) is 5.02 Å². The maximum Gasteiger partial charge on any atom is 0.183 e. The van der Waals surface area contributed by atoms with Gasteiger partial charge in [0.15, 0.2) is 11.5 Å². The van der Waals surface area contributed by atoms with Gasteiger partial charge in [0.05, 0.1) is 21.9 Å². The molecule has 0 fully saturated rings. The lowest BCUT2D eigenvalue weighted by atomic mass is 10.00. The molecule has 136 valence electrons. The first-order chi connectivity index (χ1) is 13.5. The third-order valence-electron chi connectivity index (χ3n) is 4.55. The summed E-state index contributed by atoms with van der Waals surface area (Å²) in [5.41, 5.74) is 11.5. The Morgan fingerprint density at radius 2 is 1.64 bits per heavy atom.